The fraction of sp³-hybridized carbons (Fsp3) is 0.833. The number of ether oxygens (including phenoxy) is 1. The first-order valence-corrected chi connectivity index (χ1v) is 3.10. The monoisotopic (exact) mass is 147 g/mol. The highest BCUT2D eigenvalue weighted by Crippen LogP contribution is 1.78. The Labute approximate surface area is 60.2 Å². The molecule has 0 aromatic heterocycles. The fourth-order valence-electron chi connectivity index (χ4n) is 0.493. The van der Waals surface area contributed by atoms with Crippen molar-refractivity contribution in [3.8, 4) is 0 Å². The van der Waals surface area contributed by atoms with Crippen molar-refractivity contribution in [3.63, 3.8) is 0 Å². The lowest BCUT2D eigenvalue weighted by Gasteiger charge is -2.09. The van der Waals surface area contributed by atoms with Crippen molar-refractivity contribution in [2.45, 2.75) is 13.0 Å². The van der Waals surface area contributed by atoms with Crippen LogP contribution in [0.4, 0.5) is 0 Å². The molecule has 0 radical (unpaired) electrons. The van der Waals surface area contributed by atoms with Crippen LogP contribution >= 0.6 is 0 Å². The minimum atomic E-state index is -0.205. The highest BCUT2D eigenvalue weighted by molar-refractivity contribution is 5.77. The summed E-state index contributed by atoms with van der Waals surface area (Å²) in [6.07, 6.45) is 0. The van der Waals surface area contributed by atoms with Gasteiger partial charge in [-0.25, -0.2) is 0 Å². The third kappa shape index (κ3) is 4.29. The quantitative estimate of drug-likeness (QED) is 0.543. The van der Waals surface area contributed by atoms with E-state index in [1.54, 1.807) is 6.92 Å². The van der Waals surface area contributed by atoms with Gasteiger partial charge in [0.15, 0.2) is 0 Å². The fourth-order valence-corrected chi connectivity index (χ4v) is 0.493. The van der Waals surface area contributed by atoms with Crippen LogP contribution in [-0.4, -0.2) is 37.4 Å². The molecule has 1 atom stereocenters. The van der Waals surface area contributed by atoms with Crippen LogP contribution in [-0.2, 0) is 9.53 Å². The van der Waals surface area contributed by atoms with E-state index in [1.807, 2.05) is 0 Å². The Balaban J connectivity index is 3.37. The van der Waals surface area contributed by atoms with Gasteiger partial charge in [0.25, 0.3) is 0 Å². The SMILES string of the molecule is COCC(=O)N[C@@H](C)CO. The van der Waals surface area contributed by atoms with E-state index in [-0.39, 0.29) is 25.2 Å². The van der Waals surface area contributed by atoms with Crippen LogP contribution in [0.1, 0.15) is 6.92 Å². The molecule has 0 rings (SSSR count). The summed E-state index contributed by atoms with van der Waals surface area (Å²) in [5.41, 5.74) is 0. The molecule has 0 saturated heterocycles. The molecule has 0 aliphatic heterocycles. The van der Waals surface area contributed by atoms with E-state index >= 15 is 0 Å². The number of carbonyl (C=O) groups excluding carboxylic acids is 1. The molecule has 0 spiro atoms. The Hall–Kier alpha value is -0.610. The number of aliphatic hydroxyl groups is 1. The average Bonchev–Trinajstić information content (AvgIpc) is 1.88. The maximum atomic E-state index is 10.7. The minimum absolute atomic E-state index is 0.0460. The molecule has 1 amide bonds. The van der Waals surface area contributed by atoms with E-state index in [4.69, 9.17) is 5.11 Å². The summed E-state index contributed by atoms with van der Waals surface area (Å²) in [5, 5.41) is 11.0. The van der Waals surface area contributed by atoms with Crippen LogP contribution in [0.3, 0.4) is 0 Å². The second-order valence-electron chi connectivity index (χ2n) is 2.08. The first kappa shape index (κ1) is 9.39. The van der Waals surface area contributed by atoms with Gasteiger partial charge in [-0.05, 0) is 6.92 Å². The first-order valence-electron chi connectivity index (χ1n) is 3.10. The Morgan fingerprint density at radius 2 is 2.40 bits per heavy atom. The van der Waals surface area contributed by atoms with Crippen LogP contribution in [0.15, 0.2) is 0 Å². The maximum absolute atomic E-state index is 10.7. The van der Waals surface area contributed by atoms with Crippen molar-refractivity contribution >= 4 is 5.91 Å². The first-order chi connectivity index (χ1) is 4.70. The molecular formula is C6H13NO3. The van der Waals surface area contributed by atoms with E-state index in [2.05, 4.69) is 10.1 Å². The molecule has 0 bridgehead atoms. The molecule has 0 unspecified atom stereocenters. The Morgan fingerprint density at radius 1 is 1.80 bits per heavy atom. The third-order valence-corrected chi connectivity index (χ3v) is 0.957. The Morgan fingerprint density at radius 3 is 2.80 bits per heavy atom. The lowest BCUT2D eigenvalue weighted by Crippen LogP contribution is -2.37. The molecule has 4 heteroatoms. The van der Waals surface area contributed by atoms with E-state index in [0.29, 0.717) is 0 Å². The van der Waals surface area contributed by atoms with Crippen molar-refractivity contribution in [3.05, 3.63) is 0 Å². The Bertz CT molecular complexity index is 105. The standard InChI is InChI=1S/C6H13NO3/c1-5(3-8)7-6(9)4-10-2/h5,8H,3-4H2,1-2H3,(H,7,9)/t5-/m0/s1. The predicted molar refractivity (Wildman–Crippen MR) is 36.6 cm³/mol. The average molecular weight is 147 g/mol. The smallest absolute Gasteiger partial charge is 0.246 e. The summed E-state index contributed by atoms with van der Waals surface area (Å²) in [5.74, 6) is -0.205. The topological polar surface area (TPSA) is 58.6 Å². The largest absolute Gasteiger partial charge is 0.394 e. The lowest BCUT2D eigenvalue weighted by molar-refractivity contribution is -0.125. The van der Waals surface area contributed by atoms with Gasteiger partial charge >= 0.3 is 0 Å². The van der Waals surface area contributed by atoms with Crippen molar-refractivity contribution in [2.24, 2.45) is 0 Å². The van der Waals surface area contributed by atoms with Crippen molar-refractivity contribution in [2.75, 3.05) is 20.3 Å². The van der Waals surface area contributed by atoms with Gasteiger partial charge in [0.2, 0.25) is 5.91 Å². The molecular weight excluding hydrogens is 134 g/mol. The number of nitrogens with one attached hydrogen (secondary N) is 1. The van der Waals surface area contributed by atoms with Gasteiger partial charge in [0.1, 0.15) is 6.61 Å². The number of amides is 1. The van der Waals surface area contributed by atoms with Gasteiger partial charge in [0.05, 0.1) is 6.61 Å². The summed E-state index contributed by atoms with van der Waals surface area (Å²) in [6, 6.07) is -0.192. The highest BCUT2D eigenvalue weighted by Gasteiger charge is 2.03. The number of carbonyl (C=O) groups is 1. The van der Waals surface area contributed by atoms with Crippen LogP contribution < -0.4 is 5.32 Å². The molecule has 60 valence electrons. The molecule has 2 N–H and O–H groups in total. The second kappa shape index (κ2) is 5.20. The van der Waals surface area contributed by atoms with Crippen molar-refractivity contribution in [1.29, 1.82) is 0 Å². The van der Waals surface area contributed by atoms with Crippen LogP contribution in [0, 0.1) is 0 Å². The van der Waals surface area contributed by atoms with Gasteiger partial charge in [-0.2, -0.15) is 0 Å². The van der Waals surface area contributed by atoms with E-state index in [1.165, 1.54) is 7.11 Å². The van der Waals surface area contributed by atoms with Crippen molar-refractivity contribution < 1.29 is 14.6 Å². The van der Waals surface area contributed by atoms with Gasteiger partial charge in [-0.15, -0.1) is 0 Å². The van der Waals surface area contributed by atoms with Crippen LogP contribution in [0.5, 0.6) is 0 Å². The van der Waals surface area contributed by atoms with Crippen molar-refractivity contribution in [1.82, 2.24) is 5.32 Å². The second-order valence-corrected chi connectivity index (χ2v) is 2.08. The highest BCUT2D eigenvalue weighted by atomic mass is 16.5. The molecule has 0 heterocycles. The summed E-state index contributed by atoms with van der Waals surface area (Å²) in [7, 11) is 1.45. The maximum Gasteiger partial charge on any atom is 0.246 e. The van der Waals surface area contributed by atoms with E-state index in [9.17, 15) is 4.79 Å². The molecule has 0 saturated carbocycles. The van der Waals surface area contributed by atoms with E-state index < -0.39 is 0 Å². The molecule has 0 aromatic carbocycles. The van der Waals surface area contributed by atoms with Gasteiger partial charge < -0.3 is 15.2 Å². The van der Waals surface area contributed by atoms with E-state index in [0.717, 1.165) is 0 Å². The summed E-state index contributed by atoms with van der Waals surface area (Å²) in [6.45, 7) is 1.72. The molecule has 0 fully saturated rings. The zero-order valence-electron chi connectivity index (χ0n) is 6.26. The Kier molecular flexibility index (Phi) is 4.88. The zero-order valence-corrected chi connectivity index (χ0v) is 6.26. The van der Waals surface area contributed by atoms with Gasteiger partial charge in [-0.1, -0.05) is 0 Å². The normalized spacial score (nSPS) is 12.7. The molecule has 0 aliphatic carbocycles. The lowest BCUT2D eigenvalue weighted by atomic mass is 10.3. The van der Waals surface area contributed by atoms with Gasteiger partial charge in [-0.3, -0.25) is 4.79 Å². The number of hydrogen-bond donors (Lipinski definition) is 2. The molecule has 10 heavy (non-hydrogen) atoms. The molecule has 0 aliphatic rings. The molecule has 0 aromatic rings. The third-order valence-electron chi connectivity index (χ3n) is 0.957. The minimum Gasteiger partial charge on any atom is -0.394 e. The number of hydrogen-bond acceptors (Lipinski definition) is 3. The van der Waals surface area contributed by atoms with Crippen LogP contribution in [0.25, 0.3) is 0 Å². The summed E-state index contributed by atoms with van der Waals surface area (Å²) >= 11 is 0. The summed E-state index contributed by atoms with van der Waals surface area (Å²) < 4.78 is 4.56. The summed E-state index contributed by atoms with van der Waals surface area (Å²) in [4.78, 5) is 10.7. The number of aliphatic hydroxyl groups excluding tert-OH is 1. The number of rotatable bonds is 4. The van der Waals surface area contributed by atoms with Gasteiger partial charge in [0, 0.05) is 13.2 Å². The van der Waals surface area contributed by atoms with Crippen LogP contribution in [0.2, 0.25) is 0 Å². The zero-order chi connectivity index (χ0) is 7.98. The number of methoxy groups -OCH3 is 1. The predicted octanol–water partition coefficient (Wildman–Crippen LogP) is -0.870. The molecule has 4 nitrogen and oxygen atoms in total.